The number of amides is 3. The zero-order valence-corrected chi connectivity index (χ0v) is 25.0. The van der Waals surface area contributed by atoms with Crippen LogP contribution < -0.4 is 5.73 Å². The fraction of sp³-hybridized carbons (Fsp3) is 0.500. The number of nitrogens with zero attached hydrogens (tertiary/aromatic N) is 4. The number of hydrogen-bond donors (Lipinski definition) is 1. The molecule has 0 aliphatic carbocycles. The second kappa shape index (κ2) is 14.8. The zero-order chi connectivity index (χ0) is 31.9. The largest absolute Gasteiger partial charge is 0.449 e. The molecule has 2 aromatic heterocycles. The summed E-state index contributed by atoms with van der Waals surface area (Å²) >= 11 is 11.8. The van der Waals surface area contributed by atoms with E-state index in [1.807, 2.05) is 13.8 Å². The van der Waals surface area contributed by atoms with Crippen LogP contribution in [-0.4, -0.2) is 69.3 Å². The zero-order valence-electron chi connectivity index (χ0n) is 23.5. The van der Waals surface area contributed by atoms with Gasteiger partial charge in [0, 0.05) is 37.9 Å². The van der Waals surface area contributed by atoms with E-state index in [-0.39, 0.29) is 18.5 Å². The van der Waals surface area contributed by atoms with Gasteiger partial charge in [-0.1, -0.05) is 37.0 Å². The maximum absolute atomic E-state index is 12.3. The number of carbonyl (C=O) groups excluding carboxylic acids is 4. The van der Waals surface area contributed by atoms with Crippen molar-refractivity contribution in [1.29, 1.82) is 0 Å². The number of ether oxygens (including phenoxy) is 1. The Hall–Kier alpha value is -3.45. The van der Waals surface area contributed by atoms with E-state index in [4.69, 9.17) is 28.9 Å². The van der Waals surface area contributed by atoms with E-state index in [0.29, 0.717) is 34.5 Å². The Bertz CT molecular complexity index is 1330. The summed E-state index contributed by atoms with van der Waals surface area (Å²) < 4.78 is 40.5. The summed E-state index contributed by atoms with van der Waals surface area (Å²) in [5, 5.41) is 0.890. The Morgan fingerprint density at radius 3 is 1.67 bits per heavy atom. The molecule has 4 heterocycles. The number of alkyl halides is 3. The minimum absolute atomic E-state index is 0.118. The van der Waals surface area contributed by atoms with Crippen molar-refractivity contribution in [1.82, 2.24) is 19.8 Å². The lowest BCUT2D eigenvalue weighted by molar-refractivity contribution is -0.190. The highest BCUT2D eigenvalue weighted by molar-refractivity contribution is 6.34. The van der Waals surface area contributed by atoms with Gasteiger partial charge in [0.15, 0.2) is 6.61 Å². The molecular weight excluding hydrogens is 614 g/mol. The number of rotatable bonds is 3. The molecule has 0 radical (unpaired) electrons. The highest BCUT2D eigenvalue weighted by Gasteiger charge is 2.38. The van der Waals surface area contributed by atoms with Crippen molar-refractivity contribution < 1.29 is 37.1 Å². The molecular formula is C28H32Cl2F3N5O5. The number of piperidine rings is 2. The van der Waals surface area contributed by atoms with Crippen LogP contribution in [0, 0.1) is 11.8 Å². The Morgan fingerprint density at radius 2 is 1.28 bits per heavy atom. The summed E-state index contributed by atoms with van der Waals surface area (Å²) in [5.74, 6) is -3.69. The van der Waals surface area contributed by atoms with Crippen LogP contribution in [0.5, 0.6) is 0 Å². The van der Waals surface area contributed by atoms with E-state index in [1.54, 1.807) is 18.3 Å². The quantitative estimate of drug-likeness (QED) is 0.379. The molecule has 2 aromatic rings. The molecule has 0 aromatic carbocycles. The van der Waals surface area contributed by atoms with Gasteiger partial charge in [0.25, 0.3) is 0 Å². The van der Waals surface area contributed by atoms with E-state index in [2.05, 4.69) is 14.7 Å². The van der Waals surface area contributed by atoms with Crippen molar-refractivity contribution in [2.24, 2.45) is 17.6 Å². The van der Waals surface area contributed by atoms with Crippen LogP contribution in [-0.2, 0) is 23.9 Å². The maximum atomic E-state index is 12.3. The highest BCUT2D eigenvalue weighted by atomic mass is 35.5. The molecule has 3 amide bonds. The van der Waals surface area contributed by atoms with Crippen molar-refractivity contribution in [2.45, 2.75) is 57.8 Å². The second-order valence-corrected chi connectivity index (χ2v) is 11.6. The minimum Gasteiger partial charge on any atom is -0.449 e. The Kier molecular flexibility index (Phi) is 11.7. The molecule has 2 aliphatic rings. The SMILES string of the molecule is CC1CCC(c2cncc(Cl)c2)N(C(=O)C(=O)OCC(F)(F)F)C1.CC1CCC(c2cncc(Cl)c2)N(C(=O)C(N)=O)C1. The number of aromatic nitrogens is 2. The molecule has 2 fully saturated rings. The number of pyridine rings is 2. The standard InChI is InChI=1S/C15H16ClF3N2O3.C13H16ClN3O2/c1-9-2-3-12(10-4-11(16)6-20-5-10)21(7-9)13(22)14(23)24-8-15(17,18)19;1-8-2-3-11(9-4-10(14)6-16-5-9)17(7-8)13(19)12(15)18/h4-6,9,12H,2-3,7-8H2,1H3;4-6,8,11H,2-3,7H2,1H3,(H2,15,18). The summed E-state index contributed by atoms with van der Waals surface area (Å²) in [6, 6.07) is 2.74. The number of nitrogens with two attached hydrogens (primary N) is 1. The molecule has 0 spiro atoms. The van der Waals surface area contributed by atoms with E-state index in [1.165, 1.54) is 28.4 Å². The molecule has 2 N–H and O–H groups in total. The third-order valence-electron chi connectivity index (χ3n) is 7.13. The van der Waals surface area contributed by atoms with E-state index in [0.717, 1.165) is 24.8 Å². The Labute approximate surface area is 256 Å². The van der Waals surface area contributed by atoms with Gasteiger partial charge in [-0.25, -0.2) is 4.79 Å². The fourth-order valence-corrected chi connectivity index (χ4v) is 5.50. The summed E-state index contributed by atoms with van der Waals surface area (Å²) in [7, 11) is 0. The number of carbonyl (C=O) groups is 4. The van der Waals surface area contributed by atoms with Crippen LogP contribution in [0.15, 0.2) is 36.9 Å². The molecule has 2 saturated heterocycles. The third kappa shape index (κ3) is 9.78. The van der Waals surface area contributed by atoms with Crippen molar-refractivity contribution in [3.05, 3.63) is 58.1 Å². The molecule has 43 heavy (non-hydrogen) atoms. The van der Waals surface area contributed by atoms with E-state index < -0.39 is 42.5 Å². The molecule has 4 rings (SSSR count). The molecule has 4 unspecified atom stereocenters. The summed E-state index contributed by atoms with van der Waals surface area (Å²) in [5.41, 5.74) is 6.58. The summed E-state index contributed by atoms with van der Waals surface area (Å²) in [6.07, 6.45) is 4.61. The molecule has 0 saturated carbocycles. The van der Waals surface area contributed by atoms with E-state index >= 15 is 0 Å². The van der Waals surface area contributed by atoms with Gasteiger partial charge in [0.1, 0.15) is 0 Å². The normalized spacial score (nSPS) is 22.2. The summed E-state index contributed by atoms with van der Waals surface area (Å²) in [6.45, 7) is 2.93. The van der Waals surface area contributed by atoms with Crippen molar-refractivity contribution in [2.75, 3.05) is 19.7 Å². The average molecular weight is 646 g/mol. The lowest BCUT2D eigenvalue weighted by Crippen LogP contribution is -2.46. The van der Waals surface area contributed by atoms with Gasteiger partial charge in [-0.15, -0.1) is 0 Å². The molecule has 0 bridgehead atoms. The molecule has 234 valence electrons. The topological polar surface area (TPSA) is 136 Å². The number of halogens is 5. The van der Waals surface area contributed by atoms with Crippen LogP contribution in [0.25, 0.3) is 0 Å². The number of hydrogen-bond acceptors (Lipinski definition) is 7. The van der Waals surface area contributed by atoms with Crippen LogP contribution in [0.1, 0.15) is 62.7 Å². The first-order valence-corrected chi connectivity index (χ1v) is 14.3. The minimum atomic E-state index is -4.68. The number of likely N-dealkylation sites (tertiary alicyclic amines) is 2. The second-order valence-electron chi connectivity index (χ2n) is 10.7. The molecule has 10 nitrogen and oxygen atoms in total. The Morgan fingerprint density at radius 1 is 0.837 bits per heavy atom. The third-order valence-corrected chi connectivity index (χ3v) is 7.54. The maximum Gasteiger partial charge on any atom is 0.422 e. The van der Waals surface area contributed by atoms with Crippen LogP contribution in [0.4, 0.5) is 13.2 Å². The Balaban J connectivity index is 0.000000242. The predicted molar refractivity (Wildman–Crippen MR) is 150 cm³/mol. The fourth-order valence-electron chi connectivity index (χ4n) is 5.14. The molecule has 15 heteroatoms. The van der Waals surface area contributed by atoms with Crippen LogP contribution in [0.3, 0.4) is 0 Å². The smallest absolute Gasteiger partial charge is 0.422 e. The van der Waals surface area contributed by atoms with Gasteiger partial charge in [0.2, 0.25) is 0 Å². The first-order chi connectivity index (χ1) is 20.2. The monoisotopic (exact) mass is 645 g/mol. The molecule has 2 aliphatic heterocycles. The van der Waals surface area contributed by atoms with Gasteiger partial charge in [-0.3, -0.25) is 24.4 Å². The van der Waals surface area contributed by atoms with Crippen molar-refractivity contribution in [3.63, 3.8) is 0 Å². The summed E-state index contributed by atoms with van der Waals surface area (Å²) in [4.78, 5) is 57.7. The highest BCUT2D eigenvalue weighted by Crippen LogP contribution is 2.35. The lowest BCUT2D eigenvalue weighted by atomic mass is 9.90. The number of esters is 1. The van der Waals surface area contributed by atoms with Gasteiger partial charge in [-0.05, 0) is 60.8 Å². The van der Waals surface area contributed by atoms with Crippen LogP contribution in [0.2, 0.25) is 10.0 Å². The first-order valence-electron chi connectivity index (χ1n) is 13.5. The van der Waals surface area contributed by atoms with Gasteiger partial charge < -0.3 is 20.3 Å². The average Bonchev–Trinajstić information content (AvgIpc) is 2.95. The van der Waals surface area contributed by atoms with Gasteiger partial charge in [-0.2, -0.15) is 13.2 Å². The van der Waals surface area contributed by atoms with Crippen LogP contribution >= 0.6 is 23.2 Å². The van der Waals surface area contributed by atoms with Gasteiger partial charge in [0.05, 0.1) is 22.1 Å². The predicted octanol–water partition coefficient (Wildman–Crippen LogP) is 4.66. The van der Waals surface area contributed by atoms with E-state index in [9.17, 15) is 32.3 Å². The first kappa shape index (κ1) is 34.0. The number of primary amides is 1. The van der Waals surface area contributed by atoms with Gasteiger partial charge >= 0.3 is 29.9 Å². The lowest BCUT2D eigenvalue weighted by Gasteiger charge is -2.38. The van der Waals surface area contributed by atoms with Crippen molar-refractivity contribution >= 4 is 46.9 Å². The molecule has 4 atom stereocenters. The van der Waals surface area contributed by atoms with Crippen molar-refractivity contribution in [3.8, 4) is 0 Å².